The van der Waals surface area contributed by atoms with Crippen LogP contribution in [-0.4, -0.2) is 30.4 Å². The van der Waals surface area contributed by atoms with Crippen LogP contribution < -0.4 is 5.73 Å². The van der Waals surface area contributed by atoms with Gasteiger partial charge in [0.05, 0.1) is 0 Å². The van der Waals surface area contributed by atoms with Crippen molar-refractivity contribution in [2.45, 2.75) is 33.2 Å². The van der Waals surface area contributed by atoms with Crippen LogP contribution in [0.15, 0.2) is 18.2 Å². The number of nitrogens with two attached hydrogens (primary N) is 1. The molecule has 1 rings (SSSR count). The van der Waals surface area contributed by atoms with E-state index in [-0.39, 0.29) is 24.4 Å². The van der Waals surface area contributed by atoms with Gasteiger partial charge in [0.2, 0.25) is 0 Å². The van der Waals surface area contributed by atoms with Crippen molar-refractivity contribution in [3.05, 3.63) is 32.9 Å². The highest BCUT2D eigenvalue weighted by Gasteiger charge is 2.16. The quantitative estimate of drug-likeness (QED) is 0.756. The van der Waals surface area contributed by atoms with Crippen molar-refractivity contribution < 1.29 is 4.79 Å². The number of hydrogen-bond donors (Lipinski definition) is 1. The summed E-state index contributed by atoms with van der Waals surface area (Å²) in [5.41, 5.74) is 7.85. The molecule has 114 valence electrons. The predicted molar refractivity (Wildman–Crippen MR) is 95.5 cm³/mol. The van der Waals surface area contributed by atoms with E-state index in [0.717, 1.165) is 21.1 Å². The lowest BCUT2D eigenvalue weighted by Gasteiger charge is -2.22. The number of nitrogens with zero attached hydrogens (tertiary/aromatic N) is 1. The molecule has 0 aliphatic rings. The minimum absolute atomic E-state index is 0. The zero-order valence-electron chi connectivity index (χ0n) is 12.5. The second-order valence-electron chi connectivity index (χ2n) is 5.34. The summed E-state index contributed by atoms with van der Waals surface area (Å²) in [6.07, 6.45) is 0.836. The molecular formula is C15H24ClIN2O. The fraction of sp³-hybridized carbons (Fsp3) is 0.533. The predicted octanol–water partition coefficient (Wildman–Crippen LogP) is 3.47. The van der Waals surface area contributed by atoms with E-state index in [1.165, 1.54) is 0 Å². The van der Waals surface area contributed by atoms with E-state index >= 15 is 0 Å². The molecule has 1 aromatic carbocycles. The first-order valence-corrected chi connectivity index (χ1v) is 7.68. The van der Waals surface area contributed by atoms with Crippen LogP contribution in [0.5, 0.6) is 0 Å². The fourth-order valence-electron chi connectivity index (χ4n) is 1.82. The molecular weight excluding hydrogens is 387 g/mol. The molecule has 0 fully saturated rings. The molecule has 3 nitrogen and oxygen atoms in total. The first kappa shape index (κ1) is 19.7. The van der Waals surface area contributed by atoms with Crippen LogP contribution in [0.2, 0.25) is 0 Å². The summed E-state index contributed by atoms with van der Waals surface area (Å²) in [5.74, 6) is 0.523. The van der Waals surface area contributed by atoms with Crippen LogP contribution in [0.1, 0.15) is 36.2 Å². The van der Waals surface area contributed by atoms with Gasteiger partial charge in [0.25, 0.3) is 5.91 Å². The summed E-state index contributed by atoms with van der Waals surface area (Å²) in [6.45, 7) is 6.90. The molecule has 0 radical (unpaired) electrons. The van der Waals surface area contributed by atoms with Crippen LogP contribution in [0, 0.1) is 16.4 Å². The molecule has 1 aromatic rings. The Morgan fingerprint density at radius 2 is 2.00 bits per heavy atom. The van der Waals surface area contributed by atoms with Gasteiger partial charge in [-0.2, -0.15) is 0 Å². The summed E-state index contributed by atoms with van der Waals surface area (Å²) >= 11 is 2.26. The van der Waals surface area contributed by atoms with Crippen molar-refractivity contribution in [1.29, 1.82) is 0 Å². The summed E-state index contributed by atoms with van der Waals surface area (Å²) < 4.78 is 1.12. The lowest BCUT2D eigenvalue weighted by Crippen LogP contribution is -2.35. The Labute approximate surface area is 141 Å². The third-order valence-corrected chi connectivity index (χ3v) is 4.67. The molecule has 5 heteroatoms. The third-order valence-electron chi connectivity index (χ3n) is 3.50. The molecule has 2 N–H and O–H groups in total. The van der Waals surface area contributed by atoms with E-state index in [9.17, 15) is 4.79 Å². The normalized spacial score (nSPS) is 11.9. The number of benzene rings is 1. The van der Waals surface area contributed by atoms with E-state index in [1.807, 2.05) is 32.2 Å². The lowest BCUT2D eigenvalue weighted by molar-refractivity contribution is 0.0788. The average Bonchev–Trinajstić information content (AvgIpc) is 2.37. The number of hydrogen-bond acceptors (Lipinski definition) is 2. The zero-order valence-corrected chi connectivity index (χ0v) is 15.5. The van der Waals surface area contributed by atoms with Crippen LogP contribution in [0.3, 0.4) is 0 Å². The van der Waals surface area contributed by atoms with E-state index in [0.29, 0.717) is 12.5 Å². The van der Waals surface area contributed by atoms with Gasteiger partial charge in [0, 0.05) is 28.8 Å². The molecule has 20 heavy (non-hydrogen) atoms. The highest BCUT2D eigenvalue weighted by atomic mass is 127. The van der Waals surface area contributed by atoms with Crippen molar-refractivity contribution >= 4 is 40.9 Å². The number of rotatable bonds is 5. The van der Waals surface area contributed by atoms with E-state index < -0.39 is 0 Å². The summed E-state index contributed by atoms with van der Waals surface area (Å²) in [6, 6.07) is 5.97. The molecule has 1 atom stereocenters. The van der Waals surface area contributed by atoms with Crippen molar-refractivity contribution in [2.75, 3.05) is 13.6 Å². The molecule has 1 unspecified atom stereocenters. The Balaban J connectivity index is 0.00000361. The second-order valence-corrected chi connectivity index (χ2v) is 6.50. The minimum Gasteiger partial charge on any atom is -0.342 e. The van der Waals surface area contributed by atoms with Gasteiger partial charge in [-0.05, 0) is 59.5 Å². The Bertz CT molecular complexity index is 451. The number of carbonyl (C=O) groups is 1. The molecule has 0 spiro atoms. The highest BCUT2D eigenvalue weighted by molar-refractivity contribution is 14.1. The van der Waals surface area contributed by atoms with Gasteiger partial charge in [-0.3, -0.25) is 4.79 Å². The topological polar surface area (TPSA) is 46.3 Å². The van der Waals surface area contributed by atoms with E-state index in [2.05, 4.69) is 36.4 Å². The molecule has 0 heterocycles. The van der Waals surface area contributed by atoms with Crippen molar-refractivity contribution in [3.8, 4) is 0 Å². The van der Waals surface area contributed by atoms with Crippen LogP contribution >= 0.6 is 35.0 Å². The Kier molecular flexibility index (Phi) is 8.70. The van der Waals surface area contributed by atoms with Crippen LogP contribution in [0.25, 0.3) is 0 Å². The largest absolute Gasteiger partial charge is 0.342 e. The third kappa shape index (κ3) is 5.22. The fourth-order valence-corrected chi connectivity index (χ4v) is 2.32. The van der Waals surface area contributed by atoms with E-state index in [1.54, 1.807) is 4.90 Å². The molecule has 0 bridgehead atoms. The molecule has 1 amide bonds. The highest BCUT2D eigenvalue weighted by Crippen LogP contribution is 2.17. The van der Waals surface area contributed by atoms with Crippen molar-refractivity contribution in [1.82, 2.24) is 4.90 Å². The lowest BCUT2D eigenvalue weighted by atomic mass is 10.0. The molecule has 0 aromatic heterocycles. The van der Waals surface area contributed by atoms with E-state index in [4.69, 9.17) is 5.73 Å². The molecule has 0 saturated heterocycles. The maximum Gasteiger partial charge on any atom is 0.253 e. The van der Waals surface area contributed by atoms with Gasteiger partial charge in [-0.25, -0.2) is 0 Å². The molecule has 0 aliphatic heterocycles. The first-order chi connectivity index (χ1) is 8.84. The van der Waals surface area contributed by atoms with Gasteiger partial charge >= 0.3 is 0 Å². The standard InChI is InChI=1S/C15H23IN2O.ClH/c1-10(2)14(17)8-9-18(4)15(19)12-6-5-7-13(16)11(12)3;/h5-7,10,14H,8-9,17H2,1-4H3;1H. The number of halogens is 2. The first-order valence-electron chi connectivity index (χ1n) is 6.60. The van der Waals surface area contributed by atoms with Crippen LogP contribution in [0.4, 0.5) is 0 Å². The van der Waals surface area contributed by atoms with Gasteiger partial charge in [-0.15, -0.1) is 12.4 Å². The van der Waals surface area contributed by atoms with Gasteiger partial charge in [0.1, 0.15) is 0 Å². The molecule has 0 saturated carbocycles. The van der Waals surface area contributed by atoms with Gasteiger partial charge < -0.3 is 10.6 Å². The monoisotopic (exact) mass is 410 g/mol. The summed E-state index contributed by atoms with van der Waals surface area (Å²) in [5, 5.41) is 0. The van der Waals surface area contributed by atoms with Crippen molar-refractivity contribution in [3.63, 3.8) is 0 Å². The number of carbonyl (C=O) groups excluding carboxylic acids is 1. The smallest absolute Gasteiger partial charge is 0.253 e. The maximum absolute atomic E-state index is 12.4. The summed E-state index contributed by atoms with van der Waals surface area (Å²) in [4.78, 5) is 14.1. The maximum atomic E-state index is 12.4. The Morgan fingerprint density at radius 3 is 2.55 bits per heavy atom. The SMILES string of the molecule is Cc1c(I)cccc1C(=O)N(C)CCC(N)C(C)C.Cl. The zero-order chi connectivity index (χ0) is 14.6. The van der Waals surface area contributed by atoms with Gasteiger partial charge in [-0.1, -0.05) is 19.9 Å². The van der Waals surface area contributed by atoms with Crippen LogP contribution in [-0.2, 0) is 0 Å². The van der Waals surface area contributed by atoms with Gasteiger partial charge in [0.15, 0.2) is 0 Å². The Morgan fingerprint density at radius 1 is 1.40 bits per heavy atom. The molecule has 0 aliphatic carbocycles. The second kappa shape index (κ2) is 8.85. The Hall–Kier alpha value is -0.330. The minimum atomic E-state index is 0. The number of amides is 1. The summed E-state index contributed by atoms with van der Waals surface area (Å²) in [7, 11) is 1.84. The average molecular weight is 411 g/mol. The van der Waals surface area contributed by atoms with Crippen molar-refractivity contribution in [2.24, 2.45) is 11.7 Å².